The number of aryl methyl sites for hydroxylation is 2. The first-order chi connectivity index (χ1) is 9.32. The fourth-order valence-electron chi connectivity index (χ4n) is 1.57. The third kappa shape index (κ3) is 4.11. The van der Waals surface area contributed by atoms with E-state index in [1.807, 2.05) is 0 Å². The summed E-state index contributed by atoms with van der Waals surface area (Å²) >= 11 is 0. The van der Waals surface area contributed by atoms with E-state index in [9.17, 15) is 13.2 Å². The molecule has 0 saturated heterocycles. The molecule has 0 unspecified atom stereocenters. The Morgan fingerprint density at radius 3 is 2.10 bits per heavy atom. The molecule has 1 heterocycles. The maximum absolute atomic E-state index is 12.0. The summed E-state index contributed by atoms with van der Waals surface area (Å²) in [7, 11) is 0. The van der Waals surface area contributed by atoms with Crippen molar-refractivity contribution in [3.05, 3.63) is 41.9 Å². The molecular formula is C13H11F3N2O2. The fourth-order valence-corrected chi connectivity index (χ4v) is 1.57. The van der Waals surface area contributed by atoms with E-state index < -0.39 is 6.36 Å². The summed E-state index contributed by atoms with van der Waals surface area (Å²) in [5.41, 5.74) is 0.740. The summed E-state index contributed by atoms with van der Waals surface area (Å²) in [5.74, 6) is 0.938. The Kier molecular flexibility index (Phi) is 3.78. The first-order valence-corrected chi connectivity index (χ1v) is 5.68. The zero-order valence-electron chi connectivity index (χ0n) is 10.7. The average Bonchev–Trinajstić information content (AvgIpc) is 2.28. The minimum absolute atomic E-state index is 0.306. The molecular weight excluding hydrogens is 273 g/mol. The molecule has 0 radical (unpaired) electrons. The monoisotopic (exact) mass is 284 g/mol. The van der Waals surface area contributed by atoms with E-state index in [0.717, 1.165) is 5.69 Å². The number of alkyl halides is 3. The molecule has 7 heteroatoms. The van der Waals surface area contributed by atoms with Crippen molar-refractivity contribution in [1.29, 1.82) is 0 Å². The molecule has 2 rings (SSSR count). The molecule has 20 heavy (non-hydrogen) atoms. The number of nitrogens with zero attached hydrogens (tertiary/aromatic N) is 2. The summed E-state index contributed by atoms with van der Waals surface area (Å²) in [6.45, 7) is 3.52. The Labute approximate surface area is 113 Å². The van der Waals surface area contributed by atoms with E-state index in [1.165, 1.54) is 24.3 Å². The van der Waals surface area contributed by atoms with Crippen molar-refractivity contribution < 1.29 is 22.6 Å². The molecule has 0 fully saturated rings. The van der Waals surface area contributed by atoms with Crippen LogP contribution in [0.1, 0.15) is 11.5 Å². The van der Waals surface area contributed by atoms with E-state index in [-0.39, 0.29) is 5.75 Å². The van der Waals surface area contributed by atoms with Gasteiger partial charge >= 0.3 is 6.36 Å². The second kappa shape index (κ2) is 5.36. The van der Waals surface area contributed by atoms with Crippen LogP contribution < -0.4 is 9.47 Å². The predicted molar refractivity (Wildman–Crippen MR) is 64.7 cm³/mol. The molecule has 0 N–H and O–H groups in total. The highest BCUT2D eigenvalue weighted by molar-refractivity contribution is 5.33. The quantitative estimate of drug-likeness (QED) is 0.860. The Balaban J connectivity index is 2.10. The summed E-state index contributed by atoms with van der Waals surface area (Å²) < 4.78 is 45.2. The fraction of sp³-hybridized carbons (Fsp3) is 0.231. The van der Waals surface area contributed by atoms with Crippen LogP contribution in [-0.4, -0.2) is 16.3 Å². The van der Waals surface area contributed by atoms with Gasteiger partial charge in [0.05, 0.1) is 0 Å². The number of benzene rings is 1. The van der Waals surface area contributed by atoms with Crippen molar-refractivity contribution >= 4 is 0 Å². The number of rotatable bonds is 3. The van der Waals surface area contributed by atoms with E-state index in [0.29, 0.717) is 17.5 Å². The number of hydrogen-bond acceptors (Lipinski definition) is 4. The second-order valence-electron chi connectivity index (χ2n) is 4.02. The standard InChI is InChI=1S/C13H11F3N2O2/c1-8-7-12(18-9(2)17-8)19-10-3-5-11(6-4-10)20-13(14,15)16/h3-7H,1-2H3. The molecule has 0 spiro atoms. The molecule has 0 aliphatic carbocycles. The topological polar surface area (TPSA) is 44.2 Å². The van der Waals surface area contributed by atoms with E-state index in [1.54, 1.807) is 19.9 Å². The van der Waals surface area contributed by atoms with Gasteiger partial charge in [-0.15, -0.1) is 13.2 Å². The van der Waals surface area contributed by atoms with Gasteiger partial charge in [0.25, 0.3) is 0 Å². The lowest BCUT2D eigenvalue weighted by Crippen LogP contribution is -2.16. The van der Waals surface area contributed by atoms with Crippen LogP contribution in [0.2, 0.25) is 0 Å². The zero-order chi connectivity index (χ0) is 14.8. The van der Waals surface area contributed by atoms with Crippen molar-refractivity contribution in [2.45, 2.75) is 20.2 Å². The van der Waals surface area contributed by atoms with E-state index in [2.05, 4.69) is 14.7 Å². The molecule has 4 nitrogen and oxygen atoms in total. The Bertz CT molecular complexity index is 577. The van der Waals surface area contributed by atoms with Crippen molar-refractivity contribution in [2.75, 3.05) is 0 Å². The van der Waals surface area contributed by atoms with Gasteiger partial charge in [0.15, 0.2) is 0 Å². The van der Waals surface area contributed by atoms with Crippen molar-refractivity contribution in [3.63, 3.8) is 0 Å². The molecule has 1 aromatic carbocycles. The maximum atomic E-state index is 12.0. The van der Waals surface area contributed by atoms with E-state index in [4.69, 9.17) is 4.74 Å². The highest BCUT2D eigenvalue weighted by Crippen LogP contribution is 2.26. The largest absolute Gasteiger partial charge is 0.573 e. The van der Waals surface area contributed by atoms with Gasteiger partial charge in [0.2, 0.25) is 5.88 Å². The Morgan fingerprint density at radius 1 is 0.950 bits per heavy atom. The summed E-state index contributed by atoms with van der Waals surface area (Å²) in [6.07, 6.45) is -4.71. The molecule has 0 aliphatic rings. The van der Waals surface area contributed by atoms with Gasteiger partial charge in [-0.25, -0.2) is 4.98 Å². The van der Waals surface area contributed by atoms with Crippen LogP contribution in [0.4, 0.5) is 13.2 Å². The van der Waals surface area contributed by atoms with Crippen LogP contribution in [0.3, 0.4) is 0 Å². The van der Waals surface area contributed by atoms with Crippen LogP contribution in [0.15, 0.2) is 30.3 Å². The lowest BCUT2D eigenvalue weighted by atomic mass is 10.3. The first-order valence-electron chi connectivity index (χ1n) is 5.68. The molecule has 106 valence electrons. The third-order valence-electron chi connectivity index (χ3n) is 2.22. The Hall–Kier alpha value is -2.31. The van der Waals surface area contributed by atoms with E-state index >= 15 is 0 Å². The number of aromatic nitrogens is 2. The SMILES string of the molecule is Cc1cc(Oc2ccc(OC(F)(F)F)cc2)nc(C)n1. The lowest BCUT2D eigenvalue weighted by Gasteiger charge is -2.10. The summed E-state index contributed by atoms with van der Waals surface area (Å²) in [6, 6.07) is 6.71. The van der Waals surface area contributed by atoms with Crippen LogP contribution in [0, 0.1) is 13.8 Å². The Morgan fingerprint density at radius 2 is 1.55 bits per heavy atom. The second-order valence-corrected chi connectivity index (χ2v) is 4.02. The molecule has 0 amide bonds. The van der Waals surface area contributed by atoms with Crippen LogP contribution in [0.25, 0.3) is 0 Å². The van der Waals surface area contributed by atoms with Crippen LogP contribution in [-0.2, 0) is 0 Å². The summed E-state index contributed by atoms with van der Waals surface area (Å²) in [5, 5.41) is 0. The van der Waals surface area contributed by atoms with Crippen molar-refractivity contribution in [1.82, 2.24) is 9.97 Å². The minimum Gasteiger partial charge on any atom is -0.439 e. The van der Waals surface area contributed by atoms with Gasteiger partial charge in [0, 0.05) is 11.8 Å². The van der Waals surface area contributed by atoms with Gasteiger partial charge in [-0.2, -0.15) is 4.98 Å². The molecule has 0 aliphatic heterocycles. The number of ether oxygens (including phenoxy) is 2. The maximum Gasteiger partial charge on any atom is 0.573 e. The minimum atomic E-state index is -4.71. The van der Waals surface area contributed by atoms with Gasteiger partial charge in [0.1, 0.15) is 17.3 Å². The summed E-state index contributed by atoms with van der Waals surface area (Å²) in [4.78, 5) is 8.16. The highest BCUT2D eigenvalue weighted by atomic mass is 19.4. The first kappa shape index (κ1) is 14.1. The van der Waals surface area contributed by atoms with Gasteiger partial charge in [-0.05, 0) is 38.1 Å². The molecule has 2 aromatic rings. The third-order valence-corrected chi connectivity index (χ3v) is 2.22. The van der Waals surface area contributed by atoms with Crippen LogP contribution >= 0.6 is 0 Å². The normalized spacial score (nSPS) is 11.2. The molecule has 1 aromatic heterocycles. The number of halogens is 3. The molecule has 0 saturated carbocycles. The van der Waals surface area contributed by atoms with Crippen molar-refractivity contribution in [2.24, 2.45) is 0 Å². The zero-order valence-corrected chi connectivity index (χ0v) is 10.7. The van der Waals surface area contributed by atoms with Gasteiger partial charge in [-0.1, -0.05) is 0 Å². The van der Waals surface area contributed by atoms with Gasteiger partial charge < -0.3 is 9.47 Å². The smallest absolute Gasteiger partial charge is 0.439 e. The molecule has 0 atom stereocenters. The average molecular weight is 284 g/mol. The number of hydrogen-bond donors (Lipinski definition) is 0. The van der Waals surface area contributed by atoms with Crippen LogP contribution in [0.5, 0.6) is 17.4 Å². The lowest BCUT2D eigenvalue weighted by molar-refractivity contribution is -0.274. The van der Waals surface area contributed by atoms with Crippen molar-refractivity contribution in [3.8, 4) is 17.4 Å². The highest BCUT2D eigenvalue weighted by Gasteiger charge is 2.30. The van der Waals surface area contributed by atoms with Gasteiger partial charge in [-0.3, -0.25) is 0 Å². The molecule has 0 bridgehead atoms. The predicted octanol–water partition coefficient (Wildman–Crippen LogP) is 3.78.